The lowest BCUT2D eigenvalue weighted by Crippen LogP contribution is -2.24. The summed E-state index contributed by atoms with van der Waals surface area (Å²) in [6, 6.07) is 10.6. The van der Waals surface area contributed by atoms with Crippen LogP contribution in [0, 0.1) is 0 Å². The highest BCUT2D eigenvalue weighted by atomic mass is 16.5. The molecule has 0 saturated carbocycles. The van der Waals surface area contributed by atoms with Crippen molar-refractivity contribution in [2.45, 2.75) is 0 Å². The molecule has 150 valence electrons. The second-order valence-electron chi connectivity index (χ2n) is 6.88. The number of rotatable bonds is 7. The van der Waals surface area contributed by atoms with Crippen molar-refractivity contribution in [3.8, 4) is 11.5 Å². The fourth-order valence-electron chi connectivity index (χ4n) is 2.88. The zero-order valence-corrected chi connectivity index (χ0v) is 16.6. The molecule has 1 aromatic carbocycles. The lowest BCUT2D eigenvalue weighted by molar-refractivity contribution is 0.104. The van der Waals surface area contributed by atoms with Crippen molar-refractivity contribution in [2.75, 3.05) is 27.2 Å². The van der Waals surface area contributed by atoms with Crippen molar-refractivity contribution in [2.24, 2.45) is 7.05 Å². The Kier molecular flexibility index (Phi) is 6.09. The summed E-state index contributed by atoms with van der Waals surface area (Å²) in [5, 5.41) is 10.8. The number of fused-ring (bicyclic) bond motifs is 1. The number of carbonyl (C=O) groups excluding carboxylic acids is 1. The van der Waals surface area contributed by atoms with Crippen molar-refractivity contribution in [3.63, 3.8) is 0 Å². The lowest BCUT2D eigenvalue weighted by Gasteiger charge is -2.11. The van der Waals surface area contributed by atoms with E-state index in [1.807, 2.05) is 43.3 Å². The summed E-state index contributed by atoms with van der Waals surface area (Å²) in [5.41, 5.74) is 0.198. The normalized spacial score (nSPS) is 11.4. The van der Waals surface area contributed by atoms with Gasteiger partial charge < -0.3 is 14.7 Å². The van der Waals surface area contributed by atoms with E-state index in [1.54, 1.807) is 18.2 Å². The number of ketones is 1. The summed E-state index contributed by atoms with van der Waals surface area (Å²) in [5.74, 6) is -0.239. The van der Waals surface area contributed by atoms with Gasteiger partial charge in [-0.3, -0.25) is 14.2 Å². The van der Waals surface area contributed by atoms with Crippen LogP contribution in [0.5, 0.6) is 11.5 Å². The minimum Gasteiger partial charge on any atom is -0.506 e. The van der Waals surface area contributed by atoms with Gasteiger partial charge in [0.25, 0.3) is 5.56 Å². The number of aromatic hydroxyl groups is 1. The van der Waals surface area contributed by atoms with Crippen LogP contribution in [0.4, 0.5) is 0 Å². The topological polar surface area (TPSA) is 84.7 Å². The molecule has 0 atom stereocenters. The molecule has 0 radical (unpaired) electrons. The van der Waals surface area contributed by atoms with E-state index in [-0.39, 0.29) is 11.3 Å². The van der Waals surface area contributed by atoms with Crippen LogP contribution in [0.2, 0.25) is 0 Å². The van der Waals surface area contributed by atoms with E-state index in [0.717, 1.165) is 12.1 Å². The van der Waals surface area contributed by atoms with Crippen LogP contribution in [0.3, 0.4) is 0 Å². The summed E-state index contributed by atoms with van der Waals surface area (Å²) in [7, 11) is 5.46. The number of benzene rings is 1. The summed E-state index contributed by atoms with van der Waals surface area (Å²) in [6.07, 6.45) is 4.39. The van der Waals surface area contributed by atoms with E-state index in [9.17, 15) is 14.7 Å². The standard InChI is InChI=1S/C22H23N3O4/c1-24(2)12-13-29-16-7-4-6-15(14-16)9-10-18(26)19-20(27)17-8-5-11-23-21(17)25(3)22(19)28/h4-11,14,27H,12-13H2,1-3H3/b10-9+. The number of aromatic nitrogens is 2. The highest BCUT2D eigenvalue weighted by Gasteiger charge is 2.19. The molecule has 3 rings (SSSR count). The Labute approximate surface area is 168 Å². The van der Waals surface area contributed by atoms with Crippen LogP contribution in [0.25, 0.3) is 17.1 Å². The highest BCUT2D eigenvalue weighted by molar-refractivity contribution is 6.10. The van der Waals surface area contributed by atoms with Gasteiger partial charge in [-0.15, -0.1) is 0 Å². The van der Waals surface area contributed by atoms with Gasteiger partial charge in [-0.1, -0.05) is 18.2 Å². The summed E-state index contributed by atoms with van der Waals surface area (Å²) in [4.78, 5) is 31.4. The van der Waals surface area contributed by atoms with E-state index in [1.165, 1.54) is 23.9 Å². The van der Waals surface area contributed by atoms with E-state index in [0.29, 0.717) is 23.4 Å². The summed E-state index contributed by atoms with van der Waals surface area (Å²) < 4.78 is 6.95. The number of pyridine rings is 2. The predicted molar refractivity (Wildman–Crippen MR) is 113 cm³/mol. The Morgan fingerprint density at radius 3 is 2.83 bits per heavy atom. The van der Waals surface area contributed by atoms with Gasteiger partial charge in [-0.2, -0.15) is 0 Å². The van der Waals surface area contributed by atoms with Crippen molar-refractivity contribution in [1.82, 2.24) is 14.5 Å². The minimum atomic E-state index is -0.593. The van der Waals surface area contributed by atoms with Crippen LogP contribution < -0.4 is 10.3 Å². The highest BCUT2D eigenvalue weighted by Crippen LogP contribution is 2.25. The van der Waals surface area contributed by atoms with Gasteiger partial charge in [0.1, 0.15) is 29.3 Å². The Bertz CT molecular complexity index is 1130. The Balaban J connectivity index is 1.86. The number of aryl methyl sites for hydroxylation is 1. The Morgan fingerprint density at radius 1 is 1.28 bits per heavy atom. The minimum absolute atomic E-state index is 0.275. The fourth-order valence-corrected chi connectivity index (χ4v) is 2.88. The maximum atomic E-state index is 12.7. The predicted octanol–water partition coefficient (Wildman–Crippen LogP) is 2.48. The number of likely N-dealkylation sites (N-methyl/N-ethyl adjacent to an activating group) is 1. The van der Waals surface area contributed by atoms with Gasteiger partial charge in [0, 0.05) is 19.8 Å². The SMILES string of the molecule is CN(C)CCOc1cccc(/C=C/C(=O)c2c(O)c3cccnc3n(C)c2=O)c1. The molecular weight excluding hydrogens is 370 g/mol. The third kappa shape index (κ3) is 4.52. The van der Waals surface area contributed by atoms with Gasteiger partial charge in [-0.05, 0) is 50.0 Å². The largest absolute Gasteiger partial charge is 0.506 e. The van der Waals surface area contributed by atoms with E-state index in [2.05, 4.69) is 4.98 Å². The molecule has 7 heteroatoms. The van der Waals surface area contributed by atoms with Crippen LogP contribution in [-0.2, 0) is 7.05 Å². The smallest absolute Gasteiger partial charge is 0.266 e. The maximum absolute atomic E-state index is 12.7. The van der Waals surface area contributed by atoms with Crippen molar-refractivity contribution >= 4 is 22.9 Å². The van der Waals surface area contributed by atoms with E-state index in [4.69, 9.17) is 4.74 Å². The van der Waals surface area contributed by atoms with Gasteiger partial charge in [0.15, 0.2) is 5.78 Å². The molecule has 0 aliphatic rings. The number of ether oxygens (including phenoxy) is 1. The molecule has 29 heavy (non-hydrogen) atoms. The molecule has 0 aliphatic heterocycles. The first-order valence-corrected chi connectivity index (χ1v) is 9.15. The molecule has 0 fully saturated rings. The van der Waals surface area contributed by atoms with Crippen LogP contribution in [0.15, 0.2) is 53.5 Å². The Morgan fingerprint density at radius 2 is 2.07 bits per heavy atom. The zero-order valence-electron chi connectivity index (χ0n) is 16.6. The fraction of sp³-hybridized carbons (Fsp3) is 0.227. The van der Waals surface area contributed by atoms with Crippen LogP contribution >= 0.6 is 0 Å². The zero-order chi connectivity index (χ0) is 21.0. The quantitative estimate of drug-likeness (QED) is 0.490. The molecule has 0 aliphatic carbocycles. The van der Waals surface area contributed by atoms with Crippen molar-refractivity contribution in [3.05, 3.63) is 70.2 Å². The molecule has 7 nitrogen and oxygen atoms in total. The number of carbonyl (C=O) groups is 1. The van der Waals surface area contributed by atoms with Gasteiger partial charge in [0.05, 0.1) is 5.39 Å². The average molecular weight is 393 g/mol. The second-order valence-corrected chi connectivity index (χ2v) is 6.88. The first-order chi connectivity index (χ1) is 13.9. The molecule has 0 amide bonds. The summed E-state index contributed by atoms with van der Waals surface area (Å²) in [6.45, 7) is 1.34. The molecule has 0 spiro atoms. The number of hydrogen-bond acceptors (Lipinski definition) is 6. The third-order valence-corrected chi connectivity index (χ3v) is 4.45. The third-order valence-electron chi connectivity index (χ3n) is 4.45. The maximum Gasteiger partial charge on any atom is 0.266 e. The lowest BCUT2D eigenvalue weighted by atomic mass is 10.1. The first kappa shape index (κ1) is 20.3. The van der Waals surface area contributed by atoms with Crippen molar-refractivity contribution < 1.29 is 14.6 Å². The molecule has 0 bridgehead atoms. The number of hydrogen-bond donors (Lipinski definition) is 1. The van der Waals surface area contributed by atoms with Crippen molar-refractivity contribution in [1.29, 1.82) is 0 Å². The molecular formula is C22H23N3O4. The molecule has 1 N–H and O–H groups in total. The number of allylic oxidation sites excluding steroid dienone is 1. The molecule has 0 saturated heterocycles. The molecule has 2 aromatic heterocycles. The first-order valence-electron chi connectivity index (χ1n) is 9.15. The van der Waals surface area contributed by atoms with Crippen LogP contribution in [-0.4, -0.2) is 52.6 Å². The average Bonchev–Trinajstić information content (AvgIpc) is 2.71. The van der Waals surface area contributed by atoms with E-state index >= 15 is 0 Å². The molecule has 3 aromatic rings. The summed E-state index contributed by atoms with van der Waals surface area (Å²) >= 11 is 0. The molecule has 2 heterocycles. The molecule has 0 unspecified atom stereocenters. The van der Waals surface area contributed by atoms with E-state index < -0.39 is 11.3 Å². The van der Waals surface area contributed by atoms with Gasteiger partial charge in [0.2, 0.25) is 0 Å². The monoisotopic (exact) mass is 393 g/mol. The Hall–Kier alpha value is -3.45. The van der Waals surface area contributed by atoms with Gasteiger partial charge >= 0.3 is 0 Å². The van der Waals surface area contributed by atoms with Crippen LogP contribution in [0.1, 0.15) is 15.9 Å². The van der Waals surface area contributed by atoms with Gasteiger partial charge in [-0.25, -0.2) is 4.98 Å². The number of nitrogens with zero attached hydrogens (tertiary/aromatic N) is 3. The second kappa shape index (κ2) is 8.70.